The van der Waals surface area contributed by atoms with Gasteiger partial charge >= 0.3 is 5.97 Å². The highest BCUT2D eigenvalue weighted by Crippen LogP contribution is 2.28. The van der Waals surface area contributed by atoms with Crippen LogP contribution in [-0.4, -0.2) is 24.1 Å². The van der Waals surface area contributed by atoms with E-state index in [0.29, 0.717) is 17.7 Å². The first-order valence-corrected chi connectivity index (χ1v) is 8.24. The maximum absolute atomic E-state index is 12.9. The van der Waals surface area contributed by atoms with Gasteiger partial charge in [-0.25, -0.2) is 4.39 Å². The van der Waals surface area contributed by atoms with E-state index in [4.69, 9.17) is 4.74 Å². The molecule has 1 unspecified atom stereocenters. The zero-order valence-electron chi connectivity index (χ0n) is 14.8. The van der Waals surface area contributed by atoms with Crippen molar-refractivity contribution in [1.82, 2.24) is 5.32 Å². The minimum absolute atomic E-state index is 0.171. The van der Waals surface area contributed by atoms with E-state index in [1.54, 1.807) is 43.3 Å². The van der Waals surface area contributed by atoms with Gasteiger partial charge in [0.15, 0.2) is 0 Å². The van der Waals surface area contributed by atoms with Gasteiger partial charge in [-0.3, -0.25) is 9.59 Å². The fourth-order valence-corrected chi connectivity index (χ4v) is 2.77. The van der Waals surface area contributed by atoms with Gasteiger partial charge in [-0.1, -0.05) is 24.3 Å². The van der Waals surface area contributed by atoms with Crippen LogP contribution in [-0.2, 0) is 21.5 Å². The van der Waals surface area contributed by atoms with E-state index in [1.807, 2.05) is 0 Å². The molecular formula is C20H22FNO4. The van der Waals surface area contributed by atoms with E-state index in [2.05, 4.69) is 5.32 Å². The molecule has 2 rings (SSSR count). The number of benzene rings is 2. The summed E-state index contributed by atoms with van der Waals surface area (Å²) < 4.78 is 18.1. The number of carboxylic acid groups (broad SMARTS) is 1. The molecule has 0 heterocycles. The number of aliphatic carboxylic acids is 1. The average molecular weight is 359 g/mol. The Morgan fingerprint density at radius 1 is 1.19 bits per heavy atom. The maximum Gasteiger partial charge on any atom is 0.306 e. The first-order valence-electron chi connectivity index (χ1n) is 8.24. The Morgan fingerprint density at radius 2 is 1.88 bits per heavy atom. The third-order valence-corrected chi connectivity index (χ3v) is 4.18. The summed E-state index contributed by atoms with van der Waals surface area (Å²) in [5.74, 6) is -1.04. The molecule has 0 spiro atoms. The Bertz CT molecular complexity index is 776. The number of carbonyl (C=O) groups is 2. The predicted octanol–water partition coefficient (Wildman–Crippen LogP) is 3.27. The molecule has 26 heavy (non-hydrogen) atoms. The molecule has 0 saturated carbocycles. The summed E-state index contributed by atoms with van der Waals surface area (Å²) in [7, 11) is 1.52. The second kappa shape index (κ2) is 8.47. The zero-order chi connectivity index (χ0) is 19.2. The number of amides is 1. The van der Waals surface area contributed by atoms with Crippen LogP contribution in [0.25, 0.3) is 0 Å². The molecule has 5 nitrogen and oxygen atoms in total. The largest absolute Gasteiger partial charge is 0.497 e. The summed E-state index contributed by atoms with van der Waals surface area (Å²) in [6.07, 6.45) is 0.348. The lowest BCUT2D eigenvalue weighted by atomic mass is 9.88. The van der Waals surface area contributed by atoms with Crippen LogP contribution in [0.2, 0.25) is 0 Å². The molecule has 2 aromatic carbocycles. The number of halogens is 1. The summed E-state index contributed by atoms with van der Waals surface area (Å²) >= 11 is 0. The lowest BCUT2D eigenvalue weighted by Gasteiger charge is -2.30. The van der Waals surface area contributed by atoms with Gasteiger partial charge in [0.2, 0.25) is 5.91 Å². The van der Waals surface area contributed by atoms with Gasteiger partial charge in [-0.2, -0.15) is 0 Å². The van der Waals surface area contributed by atoms with Gasteiger partial charge < -0.3 is 15.2 Å². The Kier molecular flexibility index (Phi) is 6.33. The van der Waals surface area contributed by atoms with Crippen molar-refractivity contribution in [1.29, 1.82) is 0 Å². The van der Waals surface area contributed by atoms with Crippen molar-refractivity contribution in [2.45, 2.75) is 31.7 Å². The van der Waals surface area contributed by atoms with Crippen molar-refractivity contribution in [2.75, 3.05) is 7.11 Å². The van der Waals surface area contributed by atoms with E-state index in [0.717, 1.165) is 5.56 Å². The molecule has 6 heteroatoms. The molecule has 0 aliphatic rings. The lowest BCUT2D eigenvalue weighted by Crippen LogP contribution is -2.45. The number of ether oxygens (including phenoxy) is 1. The highest BCUT2D eigenvalue weighted by molar-refractivity contribution is 5.79. The molecule has 138 valence electrons. The average Bonchev–Trinajstić information content (AvgIpc) is 2.60. The van der Waals surface area contributed by atoms with E-state index in [-0.39, 0.29) is 24.6 Å². The molecule has 0 aliphatic carbocycles. The van der Waals surface area contributed by atoms with Gasteiger partial charge in [0.25, 0.3) is 0 Å². The highest BCUT2D eigenvalue weighted by Gasteiger charge is 2.31. The number of rotatable bonds is 8. The number of methoxy groups -OCH3 is 1. The van der Waals surface area contributed by atoms with Crippen LogP contribution in [0, 0.1) is 5.82 Å². The van der Waals surface area contributed by atoms with Crippen molar-refractivity contribution >= 4 is 11.9 Å². The topological polar surface area (TPSA) is 75.6 Å². The number of carbonyl (C=O) groups excluding carboxylic acids is 1. The van der Waals surface area contributed by atoms with Crippen molar-refractivity contribution in [3.63, 3.8) is 0 Å². The molecule has 0 bridgehead atoms. The monoisotopic (exact) mass is 359 g/mol. The number of carboxylic acids is 1. The summed E-state index contributed by atoms with van der Waals surface area (Å²) in [5.41, 5.74) is 0.414. The smallest absolute Gasteiger partial charge is 0.306 e. The van der Waals surface area contributed by atoms with Crippen molar-refractivity contribution in [3.8, 4) is 5.75 Å². The fraction of sp³-hybridized carbons (Fsp3) is 0.300. The number of nitrogens with one attached hydrogen (secondary N) is 1. The lowest BCUT2D eigenvalue weighted by molar-refractivity contribution is -0.139. The van der Waals surface area contributed by atoms with Gasteiger partial charge in [-0.15, -0.1) is 0 Å². The quantitative estimate of drug-likeness (QED) is 0.758. The normalized spacial score (nSPS) is 12.9. The Balaban J connectivity index is 2.11. The minimum atomic E-state index is -1.07. The molecule has 0 radical (unpaired) electrons. The van der Waals surface area contributed by atoms with E-state index >= 15 is 0 Å². The van der Waals surface area contributed by atoms with Crippen LogP contribution in [0.1, 0.15) is 30.9 Å². The van der Waals surface area contributed by atoms with E-state index in [1.165, 1.54) is 19.2 Å². The van der Waals surface area contributed by atoms with E-state index < -0.39 is 11.5 Å². The van der Waals surface area contributed by atoms with Crippen LogP contribution >= 0.6 is 0 Å². The molecule has 2 aromatic rings. The van der Waals surface area contributed by atoms with Gasteiger partial charge in [0.1, 0.15) is 11.6 Å². The molecule has 0 saturated heterocycles. The van der Waals surface area contributed by atoms with Crippen LogP contribution < -0.4 is 10.1 Å². The third kappa shape index (κ3) is 5.31. The molecular weight excluding hydrogens is 337 g/mol. The highest BCUT2D eigenvalue weighted by atomic mass is 19.1. The van der Waals surface area contributed by atoms with Gasteiger partial charge in [-0.05, 0) is 48.7 Å². The molecule has 0 aliphatic heterocycles. The summed E-state index contributed by atoms with van der Waals surface area (Å²) in [6.45, 7) is 1.67. The second-order valence-corrected chi connectivity index (χ2v) is 6.31. The van der Waals surface area contributed by atoms with Gasteiger partial charge in [0.05, 0.1) is 19.1 Å². The predicted molar refractivity (Wildman–Crippen MR) is 95.5 cm³/mol. The first kappa shape index (κ1) is 19.4. The molecule has 2 N–H and O–H groups in total. The first-order chi connectivity index (χ1) is 12.3. The van der Waals surface area contributed by atoms with Crippen molar-refractivity contribution < 1.29 is 23.8 Å². The van der Waals surface area contributed by atoms with Crippen LogP contribution in [0.4, 0.5) is 4.39 Å². The van der Waals surface area contributed by atoms with Crippen molar-refractivity contribution in [2.24, 2.45) is 0 Å². The van der Waals surface area contributed by atoms with Crippen LogP contribution in [0.3, 0.4) is 0 Å². The number of hydrogen-bond donors (Lipinski definition) is 2. The van der Waals surface area contributed by atoms with E-state index in [9.17, 15) is 19.1 Å². The minimum Gasteiger partial charge on any atom is -0.497 e. The van der Waals surface area contributed by atoms with Crippen LogP contribution in [0.15, 0.2) is 48.5 Å². The standard InChI is InChI=1S/C20H22FNO4/c1-20(13-19(24)25,15-4-3-5-17(12-15)26-2)22-18(23)11-8-14-6-9-16(21)10-7-14/h3-7,9-10,12H,8,11,13H2,1-2H3,(H,22,23)(H,24,25). The molecule has 1 atom stereocenters. The second-order valence-electron chi connectivity index (χ2n) is 6.31. The molecule has 0 fully saturated rings. The summed E-state index contributed by atoms with van der Waals surface area (Å²) in [4.78, 5) is 23.7. The summed E-state index contributed by atoms with van der Waals surface area (Å²) in [6, 6.07) is 12.9. The van der Waals surface area contributed by atoms with Crippen LogP contribution in [0.5, 0.6) is 5.75 Å². The van der Waals surface area contributed by atoms with Gasteiger partial charge in [0, 0.05) is 6.42 Å². The molecule has 1 amide bonds. The number of hydrogen-bond acceptors (Lipinski definition) is 3. The SMILES string of the molecule is COc1cccc(C(C)(CC(=O)O)NC(=O)CCc2ccc(F)cc2)c1. The Labute approximate surface area is 151 Å². The maximum atomic E-state index is 12.9. The zero-order valence-corrected chi connectivity index (χ0v) is 14.8. The Morgan fingerprint density at radius 3 is 2.50 bits per heavy atom. The summed E-state index contributed by atoms with van der Waals surface area (Å²) in [5, 5.41) is 12.1. The fourth-order valence-electron chi connectivity index (χ4n) is 2.77. The Hall–Kier alpha value is -2.89. The van der Waals surface area contributed by atoms with Crippen molar-refractivity contribution in [3.05, 3.63) is 65.5 Å². The number of aryl methyl sites for hydroxylation is 1. The molecule has 0 aromatic heterocycles. The third-order valence-electron chi connectivity index (χ3n) is 4.18.